The molecule has 0 aromatic heterocycles. The van der Waals surface area contributed by atoms with Crippen LogP contribution < -0.4 is 32.4 Å². The molecule has 46 heavy (non-hydrogen) atoms. The molecule has 0 amide bonds. The van der Waals surface area contributed by atoms with E-state index in [9.17, 15) is 60.4 Å². The third-order valence-corrected chi connectivity index (χ3v) is 7.95. The third-order valence-electron chi connectivity index (χ3n) is 6.25. The van der Waals surface area contributed by atoms with Crippen LogP contribution in [0.2, 0.25) is 0 Å². The zero-order chi connectivity index (χ0) is 34.0. The Labute approximate surface area is 257 Å². The van der Waals surface area contributed by atoms with E-state index in [0.717, 1.165) is 30.3 Å². The van der Waals surface area contributed by atoms with Crippen molar-refractivity contribution in [1.82, 2.24) is 0 Å². The molecule has 0 aliphatic carbocycles. The Morgan fingerprint density at radius 3 is 1.61 bits per heavy atom. The topological polar surface area (TPSA) is 286 Å². The molecule has 7 N–H and O–H groups in total. The number of anilines is 2. The van der Waals surface area contributed by atoms with Gasteiger partial charge in [0, 0.05) is 5.56 Å². The lowest BCUT2D eigenvalue weighted by Gasteiger charge is -2.11. The van der Waals surface area contributed by atoms with Crippen molar-refractivity contribution in [2.75, 3.05) is 10.9 Å². The molecule has 0 saturated heterocycles. The van der Waals surface area contributed by atoms with Crippen LogP contribution in [0.15, 0.2) is 102 Å². The second kappa shape index (κ2) is 12.8. The number of carbonyl (C=O) groups is 2. The van der Waals surface area contributed by atoms with E-state index in [2.05, 4.69) is 21.1 Å². The summed E-state index contributed by atoms with van der Waals surface area (Å²) in [7, 11) is -9.58. The normalized spacial score (nSPS) is 13.3. The Morgan fingerprint density at radius 1 is 0.674 bits per heavy atom. The molecule has 17 nitrogen and oxygen atoms in total. The van der Waals surface area contributed by atoms with Gasteiger partial charge in [0.2, 0.25) is 10.9 Å². The highest BCUT2D eigenvalue weighted by atomic mass is 32.2. The maximum absolute atomic E-state index is 13.4. The van der Waals surface area contributed by atoms with Crippen LogP contribution in [-0.4, -0.2) is 53.2 Å². The first-order valence-corrected chi connectivity index (χ1v) is 15.3. The van der Waals surface area contributed by atoms with Crippen LogP contribution in [0.5, 0.6) is 0 Å². The number of rotatable bonds is 10. The van der Waals surface area contributed by atoms with Gasteiger partial charge in [0.15, 0.2) is 5.36 Å². The van der Waals surface area contributed by atoms with Crippen LogP contribution in [0.4, 0.5) is 11.4 Å². The summed E-state index contributed by atoms with van der Waals surface area (Å²) in [5.41, 5.74) is -0.264. The molecule has 0 radical (unpaired) electrons. The molecule has 0 heterocycles. The monoisotopic (exact) mass is 672 g/mol. The summed E-state index contributed by atoms with van der Waals surface area (Å²) >= 11 is 0. The lowest BCUT2D eigenvalue weighted by Crippen LogP contribution is -2.50. The Balaban J connectivity index is 1.92. The molecule has 1 atom stereocenters. The Morgan fingerprint density at radius 2 is 1.15 bits per heavy atom. The minimum Gasteiger partial charge on any atom is -0.478 e. The van der Waals surface area contributed by atoms with Crippen LogP contribution in [0.3, 0.4) is 0 Å². The number of benzene rings is 4. The van der Waals surface area contributed by atoms with Gasteiger partial charge in [-0.2, -0.15) is 27.0 Å². The van der Waals surface area contributed by atoms with Crippen molar-refractivity contribution >= 4 is 43.5 Å². The minimum atomic E-state index is -4.80. The molecule has 0 aliphatic rings. The SMILES string of the molecule is O=C(O)c1cc(S(=O)(=O)O)ccc1NN=c1cc(C(O)c2ccccc2)c(=O)c(=NNc2ccc(S(=O)(=O)O)cc2C(=O)O)c1=O. The zero-order valence-corrected chi connectivity index (χ0v) is 24.4. The number of aliphatic hydroxyl groups excluding tert-OH is 1. The van der Waals surface area contributed by atoms with Crippen molar-refractivity contribution in [1.29, 1.82) is 0 Å². The quantitative estimate of drug-likeness (QED) is 0.0869. The smallest absolute Gasteiger partial charge is 0.337 e. The Kier molecular flexibility index (Phi) is 9.26. The van der Waals surface area contributed by atoms with Crippen molar-refractivity contribution < 1.29 is 50.8 Å². The predicted molar refractivity (Wildman–Crippen MR) is 157 cm³/mol. The van der Waals surface area contributed by atoms with Crippen LogP contribution in [0, 0.1) is 0 Å². The van der Waals surface area contributed by atoms with Crippen LogP contribution in [-0.2, 0) is 20.2 Å². The highest BCUT2D eigenvalue weighted by molar-refractivity contribution is 7.86. The van der Waals surface area contributed by atoms with E-state index in [1.54, 1.807) is 18.2 Å². The molecular weight excluding hydrogens is 652 g/mol. The molecule has 0 bridgehead atoms. The molecule has 0 fully saturated rings. The van der Waals surface area contributed by atoms with Gasteiger partial charge >= 0.3 is 11.9 Å². The number of aromatic carboxylic acids is 2. The van der Waals surface area contributed by atoms with E-state index in [1.807, 2.05) is 0 Å². The average molecular weight is 673 g/mol. The van der Waals surface area contributed by atoms with E-state index < -0.39 is 92.0 Å². The summed E-state index contributed by atoms with van der Waals surface area (Å²) in [5, 5.41) is 36.0. The van der Waals surface area contributed by atoms with Gasteiger partial charge in [-0.15, -0.1) is 0 Å². The molecule has 4 rings (SSSR count). The fraction of sp³-hybridized carbons (Fsp3) is 0.0370. The molecule has 0 spiro atoms. The van der Waals surface area contributed by atoms with Gasteiger partial charge in [-0.25, -0.2) is 9.59 Å². The first kappa shape index (κ1) is 33.3. The lowest BCUT2D eigenvalue weighted by atomic mass is 10.0. The fourth-order valence-electron chi connectivity index (χ4n) is 4.00. The fourth-order valence-corrected chi connectivity index (χ4v) is 5.01. The van der Waals surface area contributed by atoms with E-state index in [4.69, 9.17) is 0 Å². The molecule has 238 valence electrons. The van der Waals surface area contributed by atoms with Gasteiger partial charge in [-0.05, 0) is 48.0 Å². The second-order valence-electron chi connectivity index (χ2n) is 9.23. The van der Waals surface area contributed by atoms with E-state index in [-0.39, 0.29) is 11.3 Å². The maximum atomic E-state index is 13.4. The largest absolute Gasteiger partial charge is 0.478 e. The summed E-state index contributed by atoms with van der Waals surface area (Å²) < 4.78 is 64.3. The second-order valence-corrected chi connectivity index (χ2v) is 12.1. The summed E-state index contributed by atoms with van der Waals surface area (Å²) in [6.45, 7) is 0. The van der Waals surface area contributed by atoms with Gasteiger partial charge in [0.1, 0.15) is 11.5 Å². The number of aliphatic hydroxyl groups is 1. The zero-order valence-electron chi connectivity index (χ0n) is 22.7. The van der Waals surface area contributed by atoms with E-state index >= 15 is 0 Å². The van der Waals surface area contributed by atoms with Gasteiger partial charge in [-0.3, -0.25) is 29.5 Å². The van der Waals surface area contributed by atoms with Crippen LogP contribution >= 0.6 is 0 Å². The number of hydrogen-bond acceptors (Lipinski definition) is 13. The summed E-state index contributed by atoms with van der Waals surface area (Å²) in [6.07, 6.45) is -1.65. The highest BCUT2D eigenvalue weighted by Gasteiger charge is 2.21. The predicted octanol–water partition coefficient (Wildman–Crippen LogP) is 0.110. The summed E-state index contributed by atoms with van der Waals surface area (Å²) in [6, 6.07) is 13.3. The van der Waals surface area contributed by atoms with Gasteiger partial charge in [0.05, 0.1) is 32.3 Å². The third kappa shape index (κ3) is 7.20. The van der Waals surface area contributed by atoms with Crippen molar-refractivity contribution in [3.63, 3.8) is 0 Å². The standard InChI is InChI=1S/C27H20N4O13S2/c32-23(13-4-2-1-3-5-13)18-12-21(30-28-19-8-6-14(45(39,40)41)10-16(19)26(35)36)25(34)22(24(18)33)31-29-20-9-7-15(46(42,43)44)11-17(20)27(37)38/h1-12,23,28-29,32H,(H,35,36)(H,37,38)(H,39,40,41)(H,42,43,44). The first-order valence-electron chi connectivity index (χ1n) is 12.4. The van der Waals surface area contributed by atoms with Gasteiger partial charge in [-0.1, -0.05) is 30.3 Å². The highest BCUT2D eigenvalue weighted by Crippen LogP contribution is 2.22. The van der Waals surface area contributed by atoms with Crippen LogP contribution in [0.25, 0.3) is 0 Å². The average Bonchev–Trinajstić information content (AvgIpc) is 2.99. The number of nitrogens with one attached hydrogen (secondary N) is 2. The lowest BCUT2D eigenvalue weighted by molar-refractivity contribution is 0.0686. The molecule has 4 aromatic carbocycles. The van der Waals surface area contributed by atoms with E-state index in [1.165, 1.54) is 12.1 Å². The van der Waals surface area contributed by atoms with Crippen molar-refractivity contribution in [3.05, 3.63) is 126 Å². The maximum Gasteiger partial charge on any atom is 0.337 e. The van der Waals surface area contributed by atoms with Crippen LogP contribution in [0.1, 0.15) is 37.9 Å². The van der Waals surface area contributed by atoms with Gasteiger partial charge < -0.3 is 15.3 Å². The first-order chi connectivity index (χ1) is 21.5. The molecule has 0 saturated carbocycles. The summed E-state index contributed by atoms with van der Waals surface area (Å²) in [5.74, 6) is -3.31. The number of carboxylic acid groups (broad SMARTS) is 2. The van der Waals surface area contributed by atoms with Crippen molar-refractivity contribution in [2.24, 2.45) is 10.2 Å². The van der Waals surface area contributed by atoms with Gasteiger partial charge in [0.25, 0.3) is 20.2 Å². The number of carboxylic acids is 2. The Hall–Kier alpha value is -5.60. The molecule has 0 aliphatic heterocycles. The number of nitrogens with zero attached hydrogens (tertiary/aromatic N) is 2. The van der Waals surface area contributed by atoms with Crippen molar-refractivity contribution in [3.8, 4) is 0 Å². The minimum absolute atomic E-state index is 0.207. The van der Waals surface area contributed by atoms with Crippen molar-refractivity contribution in [2.45, 2.75) is 15.9 Å². The molecule has 4 aromatic rings. The van der Waals surface area contributed by atoms with E-state index in [0.29, 0.717) is 12.1 Å². The summed E-state index contributed by atoms with van der Waals surface area (Å²) in [4.78, 5) is 48.7. The molecular formula is C27H20N4O13S2. The number of hydrogen-bond donors (Lipinski definition) is 7. The molecule has 19 heteroatoms. The molecule has 1 unspecified atom stereocenters. The Bertz CT molecular complexity index is 2340.